The summed E-state index contributed by atoms with van der Waals surface area (Å²) in [4.78, 5) is 0. The van der Waals surface area contributed by atoms with Crippen molar-refractivity contribution < 1.29 is 17.9 Å². The van der Waals surface area contributed by atoms with E-state index in [1.165, 1.54) is 19.2 Å². The number of benzene rings is 1. The zero-order valence-electron chi connectivity index (χ0n) is 8.71. The van der Waals surface area contributed by atoms with Gasteiger partial charge in [-0.25, -0.2) is 0 Å². The normalized spacial score (nSPS) is 13.3. The van der Waals surface area contributed by atoms with Crippen molar-refractivity contribution in [3.05, 3.63) is 24.3 Å². The molecule has 0 aliphatic rings. The molecular formula is C10H13F3N2O. The third kappa shape index (κ3) is 3.30. The van der Waals surface area contributed by atoms with Crippen molar-refractivity contribution in [2.75, 3.05) is 19.0 Å². The van der Waals surface area contributed by atoms with Crippen LogP contribution in [-0.2, 0) is 0 Å². The molecule has 1 aromatic rings. The first kappa shape index (κ1) is 12.6. The average Bonchev–Trinajstić information content (AvgIpc) is 2.25. The third-order valence-electron chi connectivity index (χ3n) is 2.06. The maximum absolute atomic E-state index is 12.4. The number of nitrogens with one attached hydrogen (secondary N) is 1. The first-order chi connectivity index (χ1) is 7.47. The second-order valence-electron chi connectivity index (χ2n) is 3.20. The van der Waals surface area contributed by atoms with Gasteiger partial charge in [-0.1, -0.05) is 0 Å². The van der Waals surface area contributed by atoms with Gasteiger partial charge in [-0.15, -0.1) is 0 Å². The molecule has 0 fully saturated rings. The van der Waals surface area contributed by atoms with E-state index in [-0.39, 0.29) is 0 Å². The van der Waals surface area contributed by atoms with Crippen LogP contribution in [0, 0.1) is 0 Å². The zero-order chi connectivity index (χ0) is 12.2. The maximum atomic E-state index is 12.4. The smallest absolute Gasteiger partial charge is 0.409 e. The highest BCUT2D eigenvalue weighted by atomic mass is 19.4. The van der Waals surface area contributed by atoms with Crippen molar-refractivity contribution in [3.8, 4) is 5.75 Å². The summed E-state index contributed by atoms with van der Waals surface area (Å²) in [6.07, 6.45) is -4.35. The van der Waals surface area contributed by atoms with Gasteiger partial charge in [-0.05, 0) is 24.3 Å². The molecule has 0 aliphatic carbocycles. The summed E-state index contributed by atoms with van der Waals surface area (Å²) < 4.78 is 42.0. The number of nitrogens with two attached hydrogens (primary N) is 1. The summed E-state index contributed by atoms with van der Waals surface area (Å²) in [5.41, 5.74) is 5.41. The lowest BCUT2D eigenvalue weighted by atomic mass is 10.2. The van der Waals surface area contributed by atoms with Crippen LogP contribution in [0.15, 0.2) is 24.3 Å². The van der Waals surface area contributed by atoms with Crippen LogP contribution in [0.4, 0.5) is 18.9 Å². The van der Waals surface area contributed by atoms with Gasteiger partial charge >= 0.3 is 6.18 Å². The third-order valence-corrected chi connectivity index (χ3v) is 2.06. The molecule has 0 aromatic heterocycles. The minimum absolute atomic E-state index is 0.355. The molecule has 0 heterocycles. The maximum Gasteiger partial charge on any atom is 0.409 e. The van der Waals surface area contributed by atoms with E-state index in [2.05, 4.69) is 5.32 Å². The predicted molar refractivity (Wildman–Crippen MR) is 55.5 cm³/mol. The second kappa shape index (κ2) is 5.07. The number of methoxy groups -OCH3 is 1. The lowest BCUT2D eigenvalue weighted by Crippen LogP contribution is -2.42. The van der Waals surface area contributed by atoms with Crippen molar-refractivity contribution in [1.29, 1.82) is 0 Å². The van der Waals surface area contributed by atoms with Gasteiger partial charge in [-0.3, -0.25) is 0 Å². The molecule has 0 bridgehead atoms. The van der Waals surface area contributed by atoms with Gasteiger partial charge in [0.25, 0.3) is 0 Å². The van der Waals surface area contributed by atoms with E-state index in [0.29, 0.717) is 11.4 Å². The number of anilines is 1. The van der Waals surface area contributed by atoms with Crippen LogP contribution in [-0.4, -0.2) is 25.9 Å². The minimum atomic E-state index is -4.35. The molecule has 1 rings (SSSR count). The van der Waals surface area contributed by atoms with Crippen LogP contribution >= 0.6 is 0 Å². The molecular weight excluding hydrogens is 221 g/mol. The molecule has 0 spiro atoms. The van der Waals surface area contributed by atoms with E-state index in [1.807, 2.05) is 0 Å². The van der Waals surface area contributed by atoms with E-state index >= 15 is 0 Å². The molecule has 1 aromatic carbocycles. The minimum Gasteiger partial charge on any atom is -0.497 e. The molecule has 0 amide bonds. The number of alkyl halides is 3. The molecule has 0 radical (unpaired) electrons. The molecule has 3 nitrogen and oxygen atoms in total. The Morgan fingerprint density at radius 1 is 1.31 bits per heavy atom. The van der Waals surface area contributed by atoms with Crippen LogP contribution in [0.5, 0.6) is 5.75 Å². The summed E-state index contributed by atoms with van der Waals surface area (Å²) >= 11 is 0. The largest absolute Gasteiger partial charge is 0.497 e. The summed E-state index contributed by atoms with van der Waals surface area (Å²) in [6.45, 7) is -0.504. The van der Waals surface area contributed by atoms with Gasteiger partial charge in [0.2, 0.25) is 0 Å². The number of halogens is 3. The van der Waals surface area contributed by atoms with Crippen molar-refractivity contribution in [3.63, 3.8) is 0 Å². The van der Waals surface area contributed by atoms with Gasteiger partial charge in [0.05, 0.1) is 7.11 Å². The fourth-order valence-corrected chi connectivity index (χ4v) is 1.16. The highest BCUT2D eigenvalue weighted by Gasteiger charge is 2.38. The summed E-state index contributed by atoms with van der Waals surface area (Å²) in [7, 11) is 1.49. The van der Waals surface area contributed by atoms with E-state index in [4.69, 9.17) is 10.5 Å². The Labute approximate surface area is 91.4 Å². The number of hydrogen-bond acceptors (Lipinski definition) is 3. The van der Waals surface area contributed by atoms with Crippen LogP contribution in [0.2, 0.25) is 0 Å². The van der Waals surface area contributed by atoms with E-state index in [1.54, 1.807) is 12.1 Å². The van der Waals surface area contributed by atoms with E-state index < -0.39 is 18.8 Å². The highest BCUT2D eigenvalue weighted by molar-refractivity contribution is 5.47. The quantitative estimate of drug-likeness (QED) is 0.837. The molecule has 0 unspecified atom stereocenters. The first-order valence-corrected chi connectivity index (χ1v) is 4.64. The van der Waals surface area contributed by atoms with Crippen molar-refractivity contribution in [2.24, 2.45) is 5.73 Å². The lowest BCUT2D eigenvalue weighted by Gasteiger charge is -2.21. The topological polar surface area (TPSA) is 47.3 Å². The molecule has 0 aliphatic heterocycles. The lowest BCUT2D eigenvalue weighted by molar-refractivity contribution is -0.140. The zero-order valence-corrected chi connectivity index (χ0v) is 8.71. The van der Waals surface area contributed by atoms with E-state index in [9.17, 15) is 13.2 Å². The Hall–Kier alpha value is -1.43. The molecule has 0 saturated carbocycles. The Kier molecular flexibility index (Phi) is 4.00. The Bertz CT molecular complexity index is 324. The van der Waals surface area contributed by atoms with Gasteiger partial charge < -0.3 is 15.8 Å². The molecule has 6 heteroatoms. The Balaban J connectivity index is 2.71. The second-order valence-corrected chi connectivity index (χ2v) is 3.20. The van der Waals surface area contributed by atoms with Gasteiger partial charge in [0.15, 0.2) is 0 Å². The van der Waals surface area contributed by atoms with Crippen molar-refractivity contribution in [1.82, 2.24) is 0 Å². The molecule has 16 heavy (non-hydrogen) atoms. The van der Waals surface area contributed by atoms with Crippen molar-refractivity contribution in [2.45, 2.75) is 12.2 Å². The highest BCUT2D eigenvalue weighted by Crippen LogP contribution is 2.24. The molecule has 0 saturated heterocycles. The molecule has 1 atom stereocenters. The summed E-state index contributed by atoms with van der Waals surface area (Å²) in [5.74, 6) is 0.585. The SMILES string of the molecule is COc1ccc(N[C@H](CN)C(F)(F)F)cc1. The van der Waals surface area contributed by atoms with E-state index in [0.717, 1.165) is 0 Å². The fraction of sp³-hybridized carbons (Fsp3) is 0.400. The van der Waals surface area contributed by atoms with Crippen LogP contribution in [0.1, 0.15) is 0 Å². The van der Waals surface area contributed by atoms with Gasteiger partial charge in [-0.2, -0.15) is 13.2 Å². The summed E-state index contributed by atoms with van der Waals surface area (Å²) in [6, 6.07) is 4.43. The van der Waals surface area contributed by atoms with Crippen LogP contribution in [0.25, 0.3) is 0 Å². The summed E-state index contributed by atoms with van der Waals surface area (Å²) in [5, 5.41) is 2.31. The number of hydrogen-bond donors (Lipinski definition) is 2. The Morgan fingerprint density at radius 2 is 1.88 bits per heavy atom. The monoisotopic (exact) mass is 234 g/mol. The standard InChI is InChI=1S/C10H13F3N2O/c1-16-8-4-2-7(3-5-8)15-9(6-14)10(11,12)13/h2-5,9,15H,6,14H2,1H3/t9-/m1/s1. The van der Waals surface area contributed by atoms with Crippen molar-refractivity contribution >= 4 is 5.69 Å². The number of ether oxygens (including phenoxy) is 1. The predicted octanol–water partition coefficient (Wildman–Crippen LogP) is 2.00. The Morgan fingerprint density at radius 3 is 2.25 bits per heavy atom. The average molecular weight is 234 g/mol. The molecule has 90 valence electrons. The van der Waals surface area contributed by atoms with Crippen LogP contribution < -0.4 is 15.8 Å². The number of rotatable bonds is 4. The van der Waals surface area contributed by atoms with Gasteiger partial charge in [0.1, 0.15) is 11.8 Å². The molecule has 3 N–H and O–H groups in total. The first-order valence-electron chi connectivity index (χ1n) is 4.64. The van der Waals surface area contributed by atoms with Crippen LogP contribution in [0.3, 0.4) is 0 Å². The fourth-order valence-electron chi connectivity index (χ4n) is 1.16. The van der Waals surface area contributed by atoms with Gasteiger partial charge in [0, 0.05) is 12.2 Å².